The van der Waals surface area contributed by atoms with E-state index in [4.69, 9.17) is 0 Å². The first kappa shape index (κ1) is 11.9. The van der Waals surface area contributed by atoms with Gasteiger partial charge in [-0.3, -0.25) is 4.90 Å². The Labute approximate surface area is 118 Å². The normalized spacial score (nSPS) is 22.7. The van der Waals surface area contributed by atoms with Gasteiger partial charge >= 0.3 is 0 Å². The van der Waals surface area contributed by atoms with Crippen LogP contribution in [0.1, 0.15) is 24.4 Å². The van der Waals surface area contributed by atoms with E-state index in [1.54, 1.807) is 5.56 Å². The van der Waals surface area contributed by atoms with Gasteiger partial charge in [0, 0.05) is 36.9 Å². The SMILES string of the molecule is c1ccc2c([C@H](C3CC3)N3CCNCC3)csc2c1. The molecule has 3 heteroatoms. The van der Waals surface area contributed by atoms with Gasteiger partial charge in [-0.25, -0.2) is 0 Å². The highest BCUT2D eigenvalue weighted by atomic mass is 32.1. The number of hydrogen-bond donors (Lipinski definition) is 1. The number of piperazine rings is 1. The second kappa shape index (κ2) is 4.89. The Morgan fingerprint density at radius 3 is 2.74 bits per heavy atom. The predicted octanol–water partition coefficient (Wildman–Crippen LogP) is 3.26. The quantitative estimate of drug-likeness (QED) is 0.922. The van der Waals surface area contributed by atoms with Gasteiger partial charge < -0.3 is 5.32 Å². The zero-order chi connectivity index (χ0) is 12.7. The van der Waals surface area contributed by atoms with Crippen LogP contribution in [0.3, 0.4) is 0 Å². The van der Waals surface area contributed by atoms with Crippen LogP contribution in [0.25, 0.3) is 10.1 Å². The number of nitrogens with zero attached hydrogens (tertiary/aromatic N) is 1. The van der Waals surface area contributed by atoms with E-state index in [1.165, 1.54) is 36.0 Å². The summed E-state index contributed by atoms with van der Waals surface area (Å²) in [6, 6.07) is 9.56. The number of fused-ring (bicyclic) bond motifs is 1. The molecule has 1 saturated carbocycles. The smallest absolute Gasteiger partial charge is 0.0391 e. The summed E-state index contributed by atoms with van der Waals surface area (Å²) in [5.41, 5.74) is 1.59. The first-order valence-corrected chi connectivity index (χ1v) is 8.22. The topological polar surface area (TPSA) is 15.3 Å². The standard InChI is InChI=1S/C16H20N2S/c1-2-4-15-13(3-1)14(11-19-15)16(12-5-6-12)18-9-7-17-8-10-18/h1-4,11-12,16-17H,5-10H2/t16-/m0/s1. The van der Waals surface area contributed by atoms with Gasteiger partial charge in [0.25, 0.3) is 0 Å². The molecular weight excluding hydrogens is 252 g/mol. The fourth-order valence-corrected chi connectivity index (χ4v) is 4.34. The lowest BCUT2D eigenvalue weighted by Crippen LogP contribution is -2.45. The van der Waals surface area contributed by atoms with Gasteiger partial charge in [0.05, 0.1) is 0 Å². The van der Waals surface area contributed by atoms with Crippen molar-refractivity contribution in [1.29, 1.82) is 0 Å². The van der Waals surface area contributed by atoms with Crippen LogP contribution in [0.4, 0.5) is 0 Å². The van der Waals surface area contributed by atoms with Crippen molar-refractivity contribution in [3.8, 4) is 0 Å². The van der Waals surface area contributed by atoms with Crippen molar-refractivity contribution in [1.82, 2.24) is 10.2 Å². The van der Waals surface area contributed by atoms with Crippen molar-refractivity contribution >= 4 is 21.4 Å². The highest BCUT2D eigenvalue weighted by Crippen LogP contribution is 2.47. The molecule has 1 aliphatic carbocycles. The first-order chi connectivity index (χ1) is 9.43. The van der Waals surface area contributed by atoms with Crippen LogP contribution in [0, 0.1) is 5.92 Å². The highest BCUT2D eigenvalue weighted by Gasteiger charge is 2.37. The molecule has 2 fully saturated rings. The van der Waals surface area contributed by atoms with Crippen LogP contribution < -0.4 is 5.32 Å². The maximum absolute atomic E-state index is 3.47. The second-order valence-corrected chi connectivity index (χ2v) is 6.67. The molecule has 1 atom stereocenters. The molecule has 1 saturated heterocycles. The van der Waals surface area contributed by atoms with Gasteiger partial charge in [0.15, 0.2) is 0 Å². The Morgan fingerprint density at radius 1 is 1.16 bits per heavy atom. The zero-order valence-electron chi connectivity index (χ0n) is 11.1. The third-order valence-corrected chi connectivity index (χ3v) is 5.42. The minimum Gasteiger partial charge on any atom is -0.314 e. The molecule has 2 aromatic rings. The molecule has 0 spiro atoms. The summed E-state index contributed by atoms with van der Waals surface area (Å²) < 4.78 is 1.44. The number of rotatable bonds is 3. The molecule has 0 amide bonds. The highest BCUT2D eigenvalue weighted by molar-refractivity contribution is 7.17. The third-order valence-electron chi connectivity index (χ3n) is 4.44. The Morgan fingerprint density at radius 2 is 1.95 bits per heavy atom. The molecular formula is C16H20N2S. The lowest BCUT2D eigenvalue weighted by molar-refractivity contribution is 0.157. The molecule has 19 heavy (non-hydrogen) atoms. The molecule has 0 bridgehead atoms. The largest absolute Gasteiger partial charge is 0.314 e. The fourth-order valence-electron chi connectivity index (χ4n) is 3.35. The first-order valence-electron chi connectivity index (χ1n) is 7.34. The van der Waals surface area contributed by atoms with E-state index in [0.29, 0.717) is 6.04 Å². The molecule has 2 heterocycles. The summed E-state index contributed by atoms with van der Waals surface area (Å²) in [5.74, 6) is 0.899. The van der Waals surface area contributed by atoms with Gasteiger partial charge in [0.1, 0.15) is 0 Å². The number of hydrogen-bond acceptors (Lipinski definition) is 3. The van der Waals surface area contributed by atoms with E-state index in [1.807, 2.05) is 11.3 Å². The Bertz CT molecular complexity index is 567. The molecule has 0 unspecified atom stereocenters. The summed E-state index contributed by atoms with van der Waals surface area (Å²) in [7, 11) is 0. The van der Waals surface area contributed by atoms with Crippen molar-refractivity contribution in [2.24, 2.45) is 5.92 Å². The number of nitrogens with one attached hydrogen (secondary N) is 1. The molecule has 1 aliphatic heterocycles. The third kappa shape index (κ3) is 2.20. The van der Waals surface area contributed by atoms with Crippen LogP contribution in [0.15, 0.2) is 29.6 Å². The average Bonchev–Trinajstić information content (AvgIpc) is 3.21. The van der Waals surface area contributed by atoms with Crippen molar-refractivity contribution in [2.75, 3.05) is 26.2 Å². The summed E-state index contributed by atoms with van der Waals surface area (Å²) in [5, 5.41) is 7.37. The predicted molar refractivity (Wildman–Crippen MR) is 81.7 cm³/mol. The molecule has 4 rings (SSSR count). The van der Waals surface area contributed by atoms with Crippen molar-refractivity contribution in [3.63, 3.8) is 0 Å². The summed E-state index contributed by atoms with van der Waals surface area (Å²) >= 11 is 1.91. The molecule has 100 valence electrons. The van der Waals surface area contributed by atoms with Crippen molar-refractivity contribution < 1.29 is 0 Å². The number of benzene rings is 1. The monoisotopic (exact) mass is 272 g/mol. The summed E-state index contributed by atoms with van der Waals surface area (Å²) in [4.78, 5) is 2.71. The van der Waals surface area contributed by atoms with Crippen LogP contribution in [0.2, 0.25) is 0 Å². The Balaban J connectivity index is 1.73. The maximum atomic E-state index is 3.47. The van der Waals surface area contributed by atoms with E-state index >= 15 is 0 Å². The van der Waals surface area contributed by atoms with E-state index in [0.717, 1.165) is 19.0 Å². The molecule has 0 radical (unpaired) electrons. The second-order valence-electron chi connectivity index (χ2n) is 5.76. The van der Waals surface area contributed by atoms with Crippen molar-refractivity contribution in [2.45, 2.75) is 18.9 Å². The van der Waals surface area contributed by atoms with Gasteiger partial charge in [-0.15, -0.1) is 11.3 Å². The Hall–Kier alpha value is -0.900. The lowest BCUT2D eigenvalue weighted by atomic mass is 9.99. The van der Waals surface area contributed by atoms with Crippen LogP contribution in [-0.2, 0) is 0 Å². The fraction of sp³-hybridized carbons (Fsp3) is 0.500. The zero-order valence-corrected chi connectivity index (χ0v) is 12.0. The summed E-state index contributed by atoms with van der Waals surface area (Å²) in [6.45, 7) is 4.69. The van der Waals surface area contributed by atoms with Crippen LogP contribution in [-0.4, -0.2) is 31.1 Å². The molecule has 1 aromatic heterocycles. The molecule has 2 nitrogen and oxygen atoms in total. The lowest BCUT2D eigenvalue weighted by Gasteiger charge is -2.35. The van der Waals surface area contributed by atoms with Gasteiger partial charge in [-0.05, 0) is 41.2 Å². The molecule has 1 aromatic carbocycles. The van der Waals surface area contributed by atoms with Gasteiger partial charge in [-0.1, -0.05) is 18.2 Å². The number of thiophene rings is 1. The van der Waals surface area contributed by atoms with Crippen LogP contribution >= 0.6 is 11.3 Å². The minimum absolute atomic E-state index is 0.665. The average molecular weight is 272 g/mol. The van der Waals surface area contributed by atoms with Gasteiger partial charge in [-0.2, -0.15) is 0 Å². The maximum Gasteiger partial charge on any atom is 0.0391 e. The van der Waals surface area contributed by atoms with E-state index in [2.05, 4.69) is 39.9 Å². The van der Waals surface area contributed by atoms with Crippen molar-refractivity contribution in [3.05, 3.63) is 35.2 Å². The van der Waals surface area contributed by atoms with Gasteiger partial charge in [0.2, 0.25) is 0 Å². The Kier molecular flexibility index (Phi) is 3.06. The summed E-state index contributed by atoms with van der Waals surface area (Å²) in [6.07, 6.45) is 2.83. The van der Waals surface area contributed by atoms with E-state index < -0.39 is 0 Å². The van der Waals surface area contributed by atoms with Crippen LogP contribution in [0.5, 0.6) is 0 Å². The molecule has 1 N–H and O–H groups in total. The minimum atomic E-state index is 0.665. The molecule has 2 aliphatic rings. The van der Waals surface area contributed by atoms with E-state index in [9.17, 15) is 0 Å². The van der Waals surface area contributed by atoms with E-state index in [-0.39, 0.29) is 0 Å².